The molecule has 2 aromatic heterocycles. The molecule has 1 N–H and O–H groups in total. The summed E-state index contributed by atoms with van der Waals surface area (Å²) in [7, 11) is 0. The van der Waals surface area contributed by atoms with Gasteiger partial charge in [-0.1, -0.05) is 203 Å². The van der Waals surface area contributed by atoms with Crippen LogP contribution in [0.5, 0.6) is 5.75 Å². The maximum Gasteiger partial charge on any atom is 0.148 e. The van der Waals surface area contributed by atoms with Crippen molar-refractivity contribution in [3.63, 3.8) is 0 Å². The number of pyridine rings is 1. The number of rotatable bonds is 8. The van der Waals surface area contributed by atoms with Crippen molar-refractivity contribution in [1.82, 2.24) is 14.5 Å². The number of hydrogen-bond donors (Lipinski definition) is 1. The summed E-state index contributed by atoms with van der Waals surface area (Å²) in [5.74, 6) is -0.0903. The zero-order valence-electron chi connectivity index (χ0n) is 42.2. The molecule has 5 heteroatoms. The maximum absolute atomic E-state index is 12.7. The minimum absolute atomic E-state index is 0. The molecule has 0 saturated carbocycles. The number of aromatic hydroxyl groups is 1. The van der Waals surface area contributed by atoms with Gasteiger partial charge in [0, 0.05) is 45.5 Å². The first-order valence-electron chi connectivity index (χ1n) is 24.0. The minimum atomic E-state index is -0.928. The summed E-state index contributed by atoms with van der Waals surface area (Å²) in [4.78, 5) is 10.7. The Hall–Kier alpha value is -6.35. The Balaban J connectivity index is 0.00000642. The van der Waals surface area contributed by atoms with Gasteiger partial charge in [-0.15, -0.1) is 29.3 Å². The molecule has 0 aliphatic carbocycles. The van der Waals surface area contributed by atoms with E-state index in [1.165, 1.54) is 0 Å². The van der Waals surface area contributed by atoms with Gasteiger partial charge in [0.1, 0.15) is 11.6 Å². The molecule has 2 heterocycles. The summed E-state index contributed by atoms with van der Waals surface area (Å²) in [6.45, 7) is 23.8. The first-order valence-corrected chi connectivity index (χ1v) is 23.5. The first-order chi connectivity index (χ1) is 32.2. The molecule has 0 spiro atoms. The summed E-state index contributed by atoms with van der Waals surface area (Å²) >= 11 is 0. The zero-order valence-corrected chi connectivity index (χ0v) is 43.5. The molecule has 346 valence electrons. The maximum atomic E-state index is 12.7. The fraction of sp³-hybridized carbons (Fsp3) is 0.238. The monoisotopic (exact) mass is 1070 g/mol. The second-order valence-corrected chi connectivity index (χ2v) is 21.3. The van der Waals surface area contributed by atoms with Crippen LogP contribution >= 0.6 is 0 Å². The number of benzene rings is 7. The van der Waals surface area contributed by atoms with Gasteiger partial charge in [-0.3, -0.25) is 9.55 Å². The topological polar surface area (TPSA) is 50.9 Å². The zero-order chi connectivity index (χ0) is 48.3. The summed E-state index contributed by atoms with van der Waals surface area (Å²) in [5, 5.41) is 12.7. The van der Waals surface area contributed by atoms with Crippen LogP contribution in [-0.4, -0.2) is 19.6 Å². The number of hydrogen-bond acceptors (Lipinski definition) is 3. The van der Waals surface area contributed by atoms with Crippen LogP contribution in [0, 0.1) is 6.07 Å². The van der Waals surface area contributed by atoms with Gasteiger partial charge in [0.15, 0.2) is 0 Å². The van der Waals surface area contributed by atoms with Crippen LogP contribution in [0.4, 0.5) is 0 Å². The molecule has 0 radical (unpaired) electrons. The standard InChI is InChI=1S/C63H62N3O.Pt/c1-40(2)50-38-52(43-26-19-14-20-27-43)57(39-51(50)42-24-17-13-18-25-42)66-56-29-21-28-49(58(56)65-60(66)53-36-48(62(6,7)8)37-54(59(53)67)63(9,10)11)45-32-46(34-47(33-45)61(3,4)5)55-35-44(30-31-64-55)41-22-15-12-16-23-41;/h12-31,33-40,67H,1-11H3;/q-1;/i40D;. The summed E-state index contributed by atoms with van der Waals surface area (Å²) in [5.41, 5.74) is 16.2. The number of para-hydroxylation sites is 1. The number of aromatic nitrogens is 3. The molecular formula is C63H62N3OPt-. The van der Waals surface area contributed by atoms with Gasteiger partial charge in [0.25, 0.3) is 0 Å². The summed E-state index contributed by atoms with van der Waals surface area (Å²) < 4.78 is 11.8. The van der Waals surface area contributed by atoms with Crippen LogP contribution < -0.4 is 0 Å². The third-order valence-corrected chi connectivity index (χ3v) is 13.0. The third kappa shape index (κ3) is 9.41. The molecule has 0 aliphatic rings. The van der Waals surface area contributed by atoms with E-state index in [4.69, 9.17) is 9.97 Å². The van der Waals surface area contributed by atoms with E-state index in [1.54, 1.807) is 0 Å². The van der Waals surface area contributed by atoms with Crippen molar-refractivity contribution in [1.29, 1.82) is 0 Å². The van der Waals surface area contributed by atoms with Crippen molar-refractivity contribution < 1.29 is 27.5 Å². The van der Waals surface area contributed by atoms with Gasteiger partial charge in [0.05, 0.1) is 22.3 Å². The van der Waals surface area contributed by atoms with Gasteiger partial charge in [-0.2, -0.15) is 0 Å². The van der Waals surface area contributed by atoms with Crippen LogP contribution in [0.1, 0.15) is 106 Å². The molecular weight excluding hydrogens is 1010 g/mol. The normalized spacial score (nSPS) is 12.5. The Bertz CT molecular complexity index is 3310. The van der Waals surface area contributed by atoms with Crippen LogP contribution in [0.25, 0.3) is 83.9 Å². The van der Waals surface area contributed by atoms with E-state index < -0.39 is 5.89 Å². The van der Waals surface area contributed by atoms with Gasteiger partial charge in [-0.05, 0) is 91.4 Å². The van der Waals surface area contributed by atoms with Gasteiger partial charge in [-0.25, -0.2) is 4.98 Å². The quantitative estimate of drug-likeness (QED) is 0.154. The Morgan fingerprint density at radius 1 is 0.544 bits per heavy atom. The number of nitrogens with zero attached hydrogens (tertiary/aromatic N) is 3. The molecule has 0 aliphatic heterocycles. The number of imidazole rings is 1. The Morgan fingerprint density at radius 2 is 1.12 bits per heavy atom. The van der Waals surface area contributed by atoms with Gasteiger partial charge >= 0.3 is 0 Å². The Kier molecular flexibility index (Phi) is 12.8. The number of phenolic OH excluding ortho intramolecular Hbond substituents is 1. The van der Waals surface area contributed by atoms with Crippen LogP contribution in [-0.2, 0) is 37.3 Å². The fourth-order valence-corrected chi connectivity index (χ4v) is 9.12. The molecule has 0 unspecified atom stereocenters. The molecule has 0 amide bonds. The number of fused-ring (bicyclic) bond motifs is 1. The smallest absolute Gasteiger partial charge is 0.148 e. The van der Waals surface area contributed by atoms with Crippen molar-refractivity contribution in [2.24, 2.45) is 0 Å². The van der Waals surface area contributed by atoms with E-state index in [0.717, 1.165) is 94.7 Å². The van der Waals surface area contributed by atoms with E-state index in [9.17, 15) is 6.48 Å². The first kappa shape index (κ1) is 46.7. The predicted molar refractivity (Wildman–Crippen MR) is 282 cm³/mol. The molecule has 0 bridgehead atoms. The van der Waals surface area contributed by atoms with Crippen LogP contribution in [0.2, 0.25) is 0 Å². The molecule has 0 fully saturated rings. The van der Waals surface area contributed by atoms with Crippen molar-refractivity contribution in [3.05, 3.63) is 192 Å². The minimum Gasteiger partial charge on any atom is -0.507 e. The van der Waals surface area contributed by atoms with E-state index in [0.29, 0.717) is 11.4 Å². The second kappa shape index (κ2) is 18.6. The van der Waals surface area contributed by atoms with Crippen molar-refractivity contribution in [2.75, 3.05) is 0 Å². The van der Waals surface area contributed by atoms with Crippen molar-refractivity contribution >= 4 is 11.0 Å². The molecule has 68 heavy (non-hydrogen) atoms. The molecule has 4 nitrogen and oxygen atoms in total. The second-order valence-electron chi connectivity index (χ2n) is 21.3. The van der Waals surface area contributed by atoms with Gasteiger partial charge < -0.3 is 5.11 Å². The number of phenols is 1. The Labute approximate surface area is 419 Å². The third-order valence-electron chi connectivity index (χ3n) is 13.0. The molecule has 9 aromatic rings. The molecule has 0 saturated heterocycles. The van der Waals surface area contributed by atoms with Crippen molar-refractivity contribution in [2.45, 2.75) is 98.3 Å². The average Bonchev–Trinajstić information content (AvgIpc) is 3.70. The Morgan fingerprint density at radius 3 is 1.71 bits per heavy atom. The largest absolute Gasteiger partial charge is 0.507 e. The average molecular weight is 1070 g/mol. The predicted octanol–water partition coefficient (Wildman–Crippen LogP) is 16.9. The van der Waals surface area contributed by atoms with E-state index in [2.05, 4.69) is 212 Å². The van der Waals surface area contributed by atoms with Crippen molar-refractivity contribution in [3.8, 4) is 78.6 Å². The van der Waals surface area contributed by atoms with Crippen LogP contribution in [0.3, 0.4) is 0 Å². The SMILES string of the molecule is [2H]C(C)(C)c1cc(-c2ccccc2)c(-n2c(-c3cc(C(C)(C)C)cc(C(C)(C)C)c3O)nc3c(-c4[c-]c(-c5cc(-c6ccccc6)ccn5)cc(C(C)(C)C)c4)cccc32)cc1-c1ccccc1.[Pt]. The summed E-state index contributed by atoms with van der Waals surface area (Å²) in [6, 6.07) is 58.9. The fourth-order valence-electron chi connectivity index (χ4n) is 9.12. The molecule has 9 rings (SSSR count). The van der Waals surface area contributed by atoms with E-state index in [-0.39, 0.29) is 43.1 Å². The molecule has 7 aromatic carbocycles. The molecule has 0 atom stereocenters. The summed E-state index contributed by atoms with van der Waals surface area (Å²) in [6.07, 6.45) is 1.88. The van der Waals surface area contributed by atoms with Crippen LogP contribution in [0.15, 0.2) is 164 Å². The van der Waals surface area contributed by atoms with Gasteiger partial charge in [0.2, 0.25) is 0 Å². The van der Waals surface area contributed by atoms with E-state index >= 15 is 0 Å². The van der Waals surface area contributed by atoms with E-state index in [1.807, 2.05) is 38.2 Å².